The third-order valence-electron chi connectivity index (χ3n) is 3.72. The molecule has 9 nitrogen and oxygen atoms in total. The SMILES string of the molecule is CCCCCC(CN(O)C=O)C(=O)NNc1cc(C(F)(F)F)nc(NCC)n1. The van der Waals surface area contributed by atoms with Gasteiger partial charge in [-0.1, -0.05) is 26.2 Å². The van der Waals surface area contributed by atoms with E-state index in [1.807, 2.05) is 6.92 Å². The first-order valence-corrected chi connectivity index (χ1v) is 8.88. The molecule has 12 heteroatoms. The van der Waals surface area contributed by atoms with Crippen LogP contribution in [0.1, 0.15) is 45.2 Å². The highest BCUT2D eigenvalue weighted by atomic mass is 19.4. The zero-order valence-electron chi connectivity index (χ0n) is 15.7. The highest BCUT2D eigenvalue weighted by Gasteiger charge is 2.34. The van der Waals surface area contributed by atoms with Gasteiger partial charge in [0.25, 0.3) is 0 Å². The molecule has 1 heterocycles. The normalized spacial score (nSPS) is 12.2. The van der Waals surface area contributed by atoms with Crippen LogP contribution in [0.25, 0.3) is 0 Å². The second-order valence-electron chi connectivity index (χ2n) is 6.02. The van der Waals surface area contributed by atoms with Crippen molar-refractivity contribution in [3.8, 4) is 0 Å². The number of carbonyl (C=O) groups excluding carboxylic acids is 2. The van der Waals surface area contributed by atoms with E-state index >= 15 is 0 Å². The molecule has 0 radical (unpaired) electrons. The summed E-state index contributed by atoms with van der Waals surface area (Å²) >= 11 is 0. The highest BCUT2D eigenvalue weighted by molar-refractivity contribution is 5.80. The third-order valence-corrected chi connectivity index (χ3v) is 3.72. The smallest absolute Gasteiger partial charge is 0.354 e. The fourth-order valence-electron chi connectivity index (χ4n) is 2.34. The number of hydrazine groups is 1. The van der Waals surface area contributed by atoms with E-state index < -0.39 is 23.7 Å². The van der Waals surface area contributed by atoms with Gasteiger partial charge in [-0.2, -0.15) is 18.2 Å². The second kappa shape index (κ2) is 11.3. The van der Waals surface area contributed by atoms with Gasteiger partial charge in [-0.15, -0.1) is 0 Å². The standard InChI is InChI=1S/C16H25F3N6O3/c1-3-5-6-7-11(9-25(28)10-26)14(27)24-23-13-8-12(16(17,18)19)21-15(22-13)20-4-2/h8,10-11,28H,3-7,9H2,1-2H3,(H,24,27)(H2,20,21,22,23). The number of halogens is 3. The van der Waals surface area contributed by atoms with Crippen molar-refractivity contribution < 1.29 is 28.0 Å². The van der Waals surface area contributed by atoms with Crippen LogP contribution >= 0.6 is 0 Å². The summed E-state index contributed by atoms with van der Waals surface area (Å²) in [6.07, 6.45) is -1.65. The molecule has 1 atom stereocenters. The minimum absolute atomic E-state index is 0.177. The summed E-state index contributed by atoms with van der Waals surface area (Å²) in [4.78, 5) is 30.2. The molecule has 0 aliphatic heterocycles. The van der Waals surface area contributed by atoms with Crippen molar-refractivity contribution in [2.45, 2.75) is 45.7 Å². The number of hydrogen-bond acceptors (Lipinski definition) is 7. The van der Waals surface area contributed by atoms with E-state index in [0.29, 0.717) is 30.5 Å². The Morgan fingerprint density at radius 1 is 1.32 bits per heavy atom. The quantitative estimate of drug-likeness (QED) is 0.182. The molecular formula is C16H25F3N6O3. The van der Waals surface area contributed by atoms with Crippen LogP contribution in [-0.2, 0) is 15.8 Å². The predicted octanol–water partition coefficient (Wildman–Crippen LogP) is 2.41. The fourth-order valence-corrected chi connectivity index (χ4v) is 2.34. The Balaban J connectivity index is 2.86. The summed E-state index contributed by atoms with van der Waals surface area (Å²) in [5.41, 5.74) is 3.44. The van der Waals surface area contributed by atoms with Crippen molar-refractivity contribution >= 4 is 24.1 Å². The molecule has 0 saturated carbocycles. The van der Waals surface area contributed by atoms with Crippen LogP contribution in [0.4, 0.5) is 24.9 Å². The number of rotatable bonds is 12. The summed E-state index contributed by atoms with van der Waals surface area (Å²) in [6.45, 7) is 3.73. The number of nitrogens with one attached hydrogen (secondary N) is 3. The maximum absolute atomic E-state index is 13.0. The number of carbonyl (C=O) groups is 2. The van der Waals surface area contributed by atoms with Crippen LogP contribution in [-0.4, -0.2) is 45.6 Å². The van der Waals surface area contributed by atoms with Gasteiger partial charge in [0.05, 0.1) is 12.5 Å². The molecule has 28 heavy (non-hydrogen) atoms. The number of hydrogen-bond donors (Lipinski definition) is 4. The van der Waals surface area contributed by atoms with Gasteiger partial charge in [0, 0.05) is 12.6 Å². The summed E-state index contributed by atoms with van der Waals surface area (Å²) in [6, 6.07) is 0.664. The molecular weight excluding hydrogens is 381 g/mol. The molecule has 0 spiro atoms. The van der Waals surface area contributed by atoms with Crippen LogP contribution in [0.3, 0.4) is 0 Å². The molecule has 2 amide bonds. The Labute approximate surface area is 160 Å². The Morgan fingerprint density at radius 2 is 2.04 bits per heavy atom. The monoisotopic (exact) mass is 406 g/mol. The average molecular weight is 406 g/mol. The molecule has 0 fully saturated rings. The second-order valence-corrected chi connectivity index (χ2v) is 6.02. The number of amides is 2. The molecule has 158 valence electrons. The predicted molar refractivity (Wildman–Crippen MR) is 95.2 cm³/mol. The molecule has 1 unspecified atom stereocenters. The average Bonchev–Trinajstić information content (AvgIpc) is 2.64. The lowest BCUT2D eigenvalue weighted by molar-refractivity contribution is -0.154. The molecule has 1 rings (SSSR count). The molecule has 0 saturated heterocycles. The Morgan fingerprint density at radius 3 is 2.61 bits per heavy atom. The van der Waals surface area contributed by atoms with Crippen LogP contribution in [0.5, 0.6) is 0 Å². The Hall–Kier alpha value is -2.63. The lowest BCUT2D eigenvalue weighted by atomic mass is 10.0. The number of unbranched alkanes of at least 4 members (excludes halogenated alkanes) is 2. The minimum atomic E-state index is -4.68. The van der Waals surface area contributed by atoms with Crippen molar-refractivity contribution in [3.63, 3.8) is 0 Å². The van der Waals surface area contributed by atoms with Gasteiger partial charge in [0.15, 0.2) is 11.5 Å². The summed E-state index contributed by atoms with van der Waals surface area (Å²) in [5.74, 6) is -1.83. The number of nitrogens with zero attached hydrogens (tertiary/aromatic N) is 3. The molecule has 1 aromatic heterocycles. The number of anilines is 2. The van der Waals surface area contributed by atoms with E-state index in [0.717, 1.165) is 12.8 Å². The maximum Gasteiger partial charge on any atom is 0.433 e. The third kappa shape index (κ3) is 7.94. The van der Waals surface area contributed by atoms with Crippen molar-refractivity contribution in [3.05, 3.63) is 11.8 Å². The zero-order chi connectivity index (χ0) is 21.2. The van der Waals surface area contributed by atoms with Gasteiger partial charge in [-0.05, 0) is 13.3 Å². The lowest BCUT2D eigenvalue weighted by Crippen LogP contribution is -2.40. The first-order valence-electron chi connectivity index (χ1n) is 8.88. The van der Waals surface area contributed by atoms with Gasteiger partial charge < -0.3 is 5.32 Å². The van der Waals surface area contributed by atoms with Gasteiger partial charge in [0.2, 0.25) is 18.3 Å². The highest BCUT2D eigenvalue weighted by Crippen LogP contribution is 2.29. The van der Waals surface area contributed by atoms with E-state index in [-0.39, 0.29) is 24.7 Å². The fraction of sp³-hybridized carbons (Fsp3) is 0.625. The van der Waals surface area contributed by atoms with Crippen molar-refractivity contribution in [1.29, 1.82) is 0 Å². The molecule has 0 aliphatic rings. The number of hydroxylamine groups is 2. The first-order chi connectivity index (χ1) is 13.2. The van der Waals surface area contributed by atoms with Crippen molar-refractivity contribution in [2.75, 3.05) is 23.8 Å². The van der Waals surface area contributed by atoms with Gasteiger partial charge in [-0.3, -0.25) is 25.6 Å². The zero-order valence-corrected chi connectivity index (χ0v) is 15.7. The van der Waals surface area contributed by atoms with E-state index in [1.165, 1.54) is 0 Å². The summed E-state index contributed by atoms with van der Waals surface area (Å²) in [7, 11) is 0. The Bertz CT molecular complexity index is 645. The largest absolute Gasteiger partial charge is 0.433 e. The number of alkyl halides is 3. The molecule has 1 aromatic rings. The van der Waals surface area contributed by atoms with Crippen LogP contribution in [0.15, 0.2) is 6.07 Å². The van der Waals surface area contributed by atoms with Crippen LogP contribution in [0.2, 0.25) is 0 Å². The van der Waals surface area contributed by atoms with Gasteiger partial charge >= 0.3 is 6.18 Å². The summed E-state index contributed by atoms with van der Waals surface area (Å²) < 4.78 is 38.9. The maximum atomic E-state index is 13.0. The van der Waals surface area contributed by atoms with Crippen LogP contribution < -0.4 is 16.2 Å². The topological polar surface area (TPSA) is 119 Å². The van der Waals surface area contributed by atoms with E-state index in [1.54, 1.807) is 6.92 Å². The van der Waals surface area contributed by atoms with E-state index in [2.05, 4.69) is 26.1 Å². The molecule has 4 N–H and O–H groups in total. The van der Waals surface area contributed by atoms with Gasteiger partial charge in [0.1, 0.15) is 0 Å². The van der Waals surface area contributed by atoms with Crippen molar-refractivity contribution in [1.82, 2.24) is 20.5 Å². The minimum Gasteiger partial charge on any atom is -0.354 e. The van der Waals surface area contributed by atoms with E-state index in [4.69, 9.17) is 0 Å². The molecule has 0 aromatic carbocycles. The van der Waals surface area contributed by atoms with Gasteiger partial charge in [-0.25, -0.2) is 10.0 Å². The molecule has 0 aliphatic carbocycles. The first kappa shape index (κ1) is 23.4. The van der Waals surface area contributed by atoms with E-state index in [9.17, 15) is 28.0 Å². The summed E-state index contributed by atoms with van der Waals surface area (Å²) in [5, 5.41) is 12.3. The molecule has 0 bridgehead atoms. The van der Waals surface area contributed by atoms with Crippen molar-refractivity contribution in [2.24, 2.45) is 5.92 Å². The number of aromatic nitrogens is 2. The lowest BCUT2D eigenvalue weighted by Gasteiger charge is -2.20. The Kier molecular flexibility index (Phi) is 9.42. The van der Waals surface area contributed by atoms with Crippen LogP contribution in [0, 0.1) is 5.92 Å².